The minimum atomic E-state index is -3.40. The third kappa shape index (κ3) is 3.49. The molecule has 8 heteroatoms. The van der Waals surface area contributed by atoms with Crippen LogP contribution in [0, 0.1) is 0 Å². The van der Waals surface area contributed by atoms with Gasteiger partial charge in [0.2, 0.25) is 0 Å². The second-order valence-corrected chi connectivity index (χ2v) is 8.73. The lowest BCUT2D eigenvalue weighted by atomic mass is 10.2. The summed E-state index contributed by atoms with van der Waals surface area (Å²) in [5.41, 5.74) is -1.46. The van der Waals surface area contributed by atoms with Crippen LogP contribution in [0.3, 0.4) is 0 Å². The number of ketones is 1. The smallest absolute Gasteiger partial charge is 0.299 e. The zero-order chi connectivity index (χ0) is 16.6. The van der Waals surface area contributed by atoms with Gasteiger partial charge in [0.1, 0.15) is 0 Å². The monoisotopic (exact) mass is 316 g/mol. The van der Waals surface area contributed by atoms with Crippen molar-refractivity contribution < 1.29 is 13.2 Å². The third-order valence-electron chi connectivity index (χ3n) is 3.27. The molecule has 0 N–H and O–H groups in total. The van der Waals surface area contributed by atoms with E-state index in [-0.39, 0.29) is 17.9 Å². The first kappa shape index (κ1) is 17.4. The van der Waals surface area contributed by atoms with Crippen LogP contribution in [0.15, 0.2) is 15.8 Å². The molecule has 0 saturated heterocycles. The van der Waals surface area contributed by atoms with Gasteiger partial charge in [-0.3, -0.25) is 18.7 Å². The highest BCUT2D eigenvalue weighted by atomic mass is 32.2. The number of hydrogen-bond acceptors (Lipinski definition) is 5. The van der Waals surface area contributed by atoms with Crippen LogP contribution in [-0.4, -0.2) is 33.8 Å². The number of carbonyl (C=O) groups excluding carboxylic acids is 1. The summed E-state index contributed by atoms with van der Waals surface area (Å²) in [6.45, 7) is 5.84. The van der Waals surface area contributed by atoms with Crippen molar-refractivity contribution in [2.45, 2.75) is 39.0 Å². The number of aromatic nitrogens is 2. The quantitative estimate of drug-likeness (QED) is 0.727. The number of Topliss-reactive ketones (excluding diaryl/α,β-unsaturated/α-hetero) is 1. The molecule has 1 aromatic rings. The Morgan fingerprint density at radius 3 is 2.19 bits per heavy atom. The third-order valence-corrected chi connectivity index (χ3v) is 5.85. The summed E-state index contributed by atoms with van der Waals surface area (Å²) in [6.07, 6.45) is 1.13. The predicted octanol–water partition coefficient (Wildman–Crippen LogP) is -0.0371. The first-order valence-corrected chi connectivity index (χ1v) is 8.07. The van der Waals surface area contributed by atoms with Crippen molar-refractivity contribution in [1.29, 1.82) is 0 Å². The van der Waals surface area contributed by atoms with Gasteiger partial charge in [-0.1, -0.05) is 0 Å². The summed E-state index contributed by atoms with van der Waals surface area (Å²) in [6, 6.07) is 0. The van der Waals surface area contributed by atoms with Crippen molar-refractivity contribution in [2.75, 3.05) is 5.75 Å². The Labute approximate surface area is 123 Å². The molecular weight excluding hydrogens is 296 g/mol. The summed E-state index contributed by atoms with van der Waals surface area (Å²) in [4.78, 5) is 35.1. The topological polar surface area (TPSA) is 95.2 Å². The zero-order valence-corrected chi connectivity index (χ0v) is 13.7. The normalized spacial score (nSPS) is 12.4. The largest absolute Gasteiger partial charge is 0.330 e. The molecule has 1 aromatic heterocycles. The molecule has 0 fully saturated rings. The first-order chi connectivity index (χ1) is 9.38. The van der Waals surface area contributed by atoms with Crippen LogP contribution in [0.1, 0.15) is 38.1 Å². The Morgan fingerprint density at radius 2 is 1.76 bits per heavy atom. The van der Waals surface area contributed by atoms with E-state index in [9.17, 15) is 22.8 Å². The van der Waals surface area contributed by atoms with Gasteiger partial charge in [-0.25, -0.2) is 13.2 Å². The van der Waals surface area contributed by atoms with Gasteiger partial charge in [0.25, 0.3) is 5.56 Å². The molecule has 0 unspecified atom stereocenters. The Morgan fingerprint density at radius 1 is 1.24 bits per heavy atom. The van der Waals surface area contributed by atoms with Crippen LogP contribution in [-0.2, 0) is 23.4 Å². The molecule has 1 heterocycles. The van der Waals surface area contributed by atoms with Crippen LogP contribution >= 0.6 is 0 Å². The molecule has 0 aromatic carbocycles. The number of hydrogen-bond donors (Lipinski definition) is 0. The maximum atomic E-state index is 12.1. The molecule has 21 heavy (non-hydrogen) atoms. The summed E-state index contributed by atoms with van der Waals surface area (Å²) >= 11 is 0. The molecule has 0 aliphatic carbocycles. The van der Waals surface area contributed by atoms with Crippen LogP contribution in [0.5, 0.6) is 0 Å². The highest BCUT2D eigenvalue weighted by Gasteiger charge is 2.28. The van der Waals surface area contributed by atoms with E-state index in [0.29, 0.717) is 0 Å². The summed E-state index contributed by atoms with van der Waals surface area (Å²) in [5.74, 6) is -0.714. The molecule has 0 amide bonds. The van der Waals surface area contributed by atoms with E-state index in [1.165, 1.54) is 14.0 Å². The lowest BCUT2D eigenvalue weighted by Gasteiger charge is -2.19. The van der Waals surface area contributed by atoms with E-state index >= 15 is 0 Å². The molecule has 0 saturated carbocycles. The number of rotatable bonds is 4. The van der Waals surface area contributed by atoms with Crippen molar-refractivity contribution in [3.05, 3.63) is 32.6 Å². The van der Waals surface area contributed by atoms with Gasteiger partial charge in [-0.2, -0.15) is 0 Å². The van der Waals surface area contributed by atoms with Crippen molar-refractivity contribution in [2.24, 2.45) is 7.05 Å². The van der Waals surface area contributed by atoms with Crippen molar-refractivity contribution in [3.63, 3.8) is 0 Å². The fourth-order valence-corrected chi connectivity index (χ4v) is 2.70. The number of nitrogens with zero attached hydrogens (tertiary/aromatic N) is 2. The van der Waals surface area contributed by atoms with Gasteiger partial charge >= 0.3 is 5.69 Å². The van der Waals surface area contributed by atoms with Gasteiger partial charge in [0.15, 0.2) is 15.6 Å². The number of aryl methyl sites for hydroxylation is 1. The fourth-order valence-electron chi connectivity index (χ4n) is 1.65. The SMILES string of the molecule is CC(=O)c1cn(CCS(=O)(=O)C(C)(C)C)c(=O)n(C)c1=O. The first-order valence-electron chi connectivity index (χ1n) is 6.42. The Kier molecular flexibility index (Phi) is 4.62. The van der Waals surface area contributed by atoms with Crippen molar-refractivity contribution >= 4 is 15.6 Å². The maximum absolute atomic E-state index is 12.1. The molecule has 0 aliphatic rings. The molecule has 0 radical (unpaired) electrons. The van der Waals surface area contributed by atoms with Gasteiger partial charge < -0.3 is 0 Å². The second-order valence-electron chi connectivity index (χ2n) is 5.87. The lowest BCUT2D eigenvalue weighted by molar-refractivity contribution is 0.101. The summed E-state index contributed by atoms with van der Waals surface area (Å²) < 4.78 is 25.1. The molecular formula is C13H20N2O5S. The summed E-state index contributed by atoms with van der Waals surface area (Å²) in [5, 5.41) is 0. The maximum Gasteiger partial charge on any atom is 0.330 e. The minimum Gasteiger partial charge on any atom is -0.299 e. The van der Waals surface area contributed by atoms with Crippen molar-refractivity contribution in [1.82, 2.24) is 9.13 Å². The van der Waals surface area contributed by atoms with Gasteiger partial charge in [0.05, 0.1) is 16.1 Å². The highest BCUT2D eigenvalue weighted by Crippen LogP contribution is 2.15. The Hall–Kier alpha value is -1.70. The zero-order valence-electron chi connectivity index (χ0n) is 12.8. The van der Waals surface area contributed by atoms with E-state index in [0.717, 1.165) is 15.3 Å². The molecule has 0 bridgehead atoms. The van der Waals surface area contributed by atoms with Crippen LogP contribution in [0.2, 0.25) is 0 Å². The molecule has 0 spiro atoms. The number of carbonyl (C=O) groups is 1. The van der Waals surface area contributed by atoms with E-state index in [4.69, 9.17) is 0 Å². The van der Waals surface area contributed by atoms with E-state index in [1.807, 2.05) is 0 Å². The summed E-state index contributed by atoms with van der Waals surface area (Å²) in [7, 11) is -2.14. The Balaban J connectivity index is 3.26. The van der Waals surface area contributed by atoms with Crippen LogP contribution in [0.4, 0.5) is 0 Å². The average Bonchev–Trinajstić information content (AvgIpc) is 2.33. The van der Waals surface area contributed by atoms with E-state index < -0.39 is 31.6 Å². The Bertz CT molecular complexity index is 778. The van der Waals surface area contributed by atoms with E-state index in [1.54, 1.807) is 20.8 Å². The lowest BCUT2D eigenvalue weighted by Crippen LogP contribution is -2.42. The van der Waals surface area contributed by atoms with Gasteiger partial charge in [0, 0.05) is 19.8 Å². The van der Waals surface area contributed by atoms with Crippen LogP contribution < -0.4 is 11.2 Å². The van der Waals surface area contributed by atoms with Crippen LogP contribution in [0.25, 0.3) is 0 Å². The molecule has 1 rings (SSSR count). The van der Waals surface area contributed by atoms with Crippen molar-refractivity contribution in [3.8, 4) is 0 Å². The molecule has 118 valence electrons. The predicted molar refractivity (Wildman–Crippen MR) is 79.5 cm³/mol. The highest BCUT2D eigenvalue weighted by molar-refractivity contribution is 7.92. The molecule has 0 aliphatic heterocycles. The minimum absolute atomic E-state index is 0.104. The fraction of sp³-hybridized carbons (Fsp3) is 0.615. The second kappa shape index (κ2) is 5.59. The molecule has 0 atom stereocenters. The number of sulfone groups is 1. The molecule has 7 nitrogen and oxygen atoms in total. The van der Waals surface area contributed by atoms with Gasteiger partial charge in [-0.05, 0) is 27.7 Å². The van der Waals surface area contributed by atoms with Gasteiger partial charge in [-0.15, -0.1) is 0 Å². The van der Waals surface area contributed by atoms with E-state index in [2.05, 4.69) is 0 Å². The average molecular weight is 316 g/mol. The standard InChI is InChI=1S/C13H20N2O5S/c1-9(16)10-8-15(12(18)14(5)11(10)17)6-7-21(19,20)13(2,3)4/h8H,6-7H2,1-5H3.